The summed E-state index contributed by atoms with van der Waals surface area (Å²) in [7, 11) is 0. The van der Waals surface area contributed by atoms with Crippen LogP contribution >= 0.6 is 0 Å². The smallest absolute Gasteiger partial charge is 0.246 e. The molecular formula is C18H29N7O2. The molecule has 148 valence electrons. The molecule has 0 unspecified atom stereocenters. The quantitative estimate of drug-likeness (QED) is 0.736. The Kier molecular flexibility index (Phi) is 5.66. The SMILES string of the molecule is O=C(Cn1ncnn1)N1CCC(N2CCC[C@H](C(=O)N3CCCC3)C2)CC1. The molecule has 0 saturated carbocycles. The van der Waals surface area contributed by atoms with E-state index in [9.17, 15) is 9.59 Å². The van der Waals surface area contributed by atoms with Crippen LogP contribution in [-0.4, -0.2) is 92.0 Å². The lowest BCUT2D eigenvalue weighted by molar-refractivity contribution is -0.137. The molecule has 2 amide bonds. The summed E-state index contributed by atoms with van der Waals surface area (Å²) in [4.78, 5) is 32.9. The fraction of sp³-hybridized carbons (Fsp3) is 0.833. The summed E-state index contributed by atoms with van der Waals surface area (Å²) >= 11 is 0. The minimum atomic E-state index is 0.0483. The maximum Gasteiger partial charge on any atom is 0.246 e. The molecule has 4 rings (SSSR count). The molecule has 1 atom stereocenters. The second kappa shape index (κ2) is 8.33. The van der Waals surface area contributed by atoms with Gasteiger partial charge >= 0.3 is 0 Å². The van der Waals surface area contributed by atoms with E-state index in [4.69, 9.17) is 0 Å². The van der Waals surface area contributed by atoms with E-state index in [0.717, 1.165) is 77.8 Å². The van der Waals surface area contributed by atoms with Gasteiger partial charge in [-0.15, -0.1) is 10.2 Å². The second-order valence-electron chi connectivity index (χ2n) is 7.94. The minimum Gasteiger partial charge on any atom is -0.342 e. The fourth-order valence-electron chi connectivity index (χ4n) is 4.70. The van der Waals surface area contributed by atoms with Gasteiger partial charge in [0, 0.05) is 38.8 Å². The number of hydrogen-bond acceptors (Lipinski definition) is 6. The molecule has 3 saturated heterocycles. The average molecular weight is 375 g/mol. The molecule has 0 radical (unpaired) electrons. The lowest BCUT2D eigenvalue weighted by Crippen LogP contribution is -2.52. The predicted octanol–water partition coefficient (Wildman–Crippen LogP) is -0.00150. The maximum absolute atomic E-state index is 12.7. The molecule has 4 heterocycles. The summed E-state index contributed by atoms with van der Waals surface area (Å²) in [5.41, 5.74) is 0. The van der Waals surface area contributed by atoms with Gasteiger partial charge in [-0.05, 0) is 50.3 Å². The van der Waals surface area contributed by atoms with Crippen LogP contribution in [0.5, 0.6) is 0 Å². The zero-order valence-corrected chi connectivity index (χ0v) is 15.9. The molecular weight excluding hydrogens is 346 g/mol. The van der Waals surface area contributed by atoms with Crippen LogP contribution in [0.3, 0.4) is 0 Å². The highest BCUT2D eigenvalue weighted by Gasteiger charge is 2.34. The highest BCUT2D eigenvalue weighted by molar-refractivity contribution is 5.79. The average Bonchev–Trinajstić information content (AvgIpc) is 3.42. The Balaban J connectivity index is 1.26. The van der Waals surface area contributed by atoms with Crippen molar-refractivity contribution in [2.45, 2.75) is 51.1 Å². The molecule has 9 nitrogen and oxygen atoms in total. The van der Waals surface area contributed by atoms with Crippen LogP contribution in [0.1, 0.15) is 38.5 Å². The van der Waals surface area contributed by atoms with Crippen molar-refractivity contribution in [1.82, 2.24) is 34.9 Å². The summed E-state index contributed by atoms with van der Waals surface area (Å²) in [5, 5.41) is 11.3. The van der Waals surface area contributed by atoms with Crippen molar-refractivity contribution in [1.29, 1.82) is 0 Å². The molecule has 3 fully saturated rings. The Morgan fingerprint density at radius 1 is 0.926 bits per heavy atom. The van der Waals surface area contributed by atoms with Crippen LogP contribution in [0.2, 0.25) is 0 Å². The number of hydrogen-bond donors (Lipinski definition) is 0. The van der Waals surface area contributed by atoms with Crippen molar-refractivity contribution in [2.24, 2.45) is 5.92 Å². The number of rotatable bonds is 4. The molecule has 3 aliphatic heterocycles. The van der Waals surface area contributed by atoms with Crippen LogP contribution in [0.4, 0.5) is 0 Å². The van der Waals surface area contributed by atoms with Crippen LogP contribution in [0, 0.1) is 5.92 Å². The lowest BCUT2D eigenvalue weighted by Gasteiger charge is -2.42. The molecule has 0 N–H and O–H groups in total. The fourth-order valence-corrected chi connectivity index (χ4v) is 4.70. The lowest BCUT2D eigenvalue weighted by atomic mass is 9.93. The van der Waals surface area contributed by atoms with Crippen molar-refractivity contribution in [3.05, 3.63) is 6.33 Å². The number of aromatic nitrogens is 4. The standard InChI is InChI=1S/C18H29N7O2/c26-17(13-25-20-14-19-21-25)22-10-5-16(6-11-22)24-9-3-4-15(12-24)18(27)23-7-1-2-8-23/h14-16H,1-13H2/t15-/m0/s1. The second-order valence-corrected chi connectivity index (χ2v) is 7.94. The first-order valence-electron chi connectivity index (χ1n) is 10.2. The highest BCUT2D eigenvalue weighted by atomic mass is 16.2. The van der Waals surface area contributed by atoms with Crippen molar-refractivity contribution in [3.8, 4) is 0 Å². The largest absolute Gasteiger partial charge is 0.342 e. The molecule has 0 bridgehead atoms. The maximum atomic E-state index is 12.7. The molecule has 3 aliphatic rings. The molecule has 1 aromatic rings. The Bertz CT molecular complexity index is 636. The van der Waals surface area contributed by atoms with E-state index in [1.807, 2.05) is 4.90 Å². The van der Waals surface area contributed by atoms with Gasteiger partial charge in [0.2, 0.25) is 11.8 Å². The van der Waals surface area contributed by atoms with E-state index in [1.165, 1.54) is 11.1 Å². The topological polar surface area (TPSA) is 87.5 Å². The normalized spacial score (nSPS) is 25.1. The van der Waals surface area contributed by atoms with E-state index in [-0.39, 0.29) is 18.4 Å². The molecule has 0 aromatic carbocycles. The number of piperidine rings is 2. The zero-order valence-electron chi connectivity index (χ0n) is 15.9. The number of carbonyl (C=O) groups excluding carboxylic acids is 2. The minimum absolute atomic E-state index is 0.0483. The Labute approximate surface area is 159 Å². The molecule has 0 aliphatic carbocycles. The summed E-state index contributed by atoms with van der Waals surface area (Å²) in [6, 6.07) is 0.479. The van der Waals surface area contributed by atoms with Gasteiger partial charge < -0.3 is 9.80 Å². The summed E-state index contributed by atoms with van der Waals surface area (Å²) < 4.78 is 0. The Morgan fingerprint density at radius 3 is 2.41 bits per heavy atom. The predicted molar refractivity (Wildman–Crippen MR) is 97.5 cm³/mol. The van der Waals surface area contributed by atoms with Gasteiger partial charge in [-0.1, -0.05) is 0 Å². The first kappa shape index (κ1) is 18.3. The van der Waals surface area contributed by atoms with Gasteiger partial charge in [0.25, 0.3) is 0 Å². The summed E-state index contributed by atoms with van der Waals surface area (Å²) in [5.74, 6) is 0.576. The molecule has 9 heteroatoms. The van der Waals surface area contributed by atoms with Crippen molar-refractivity contribution in [2.75, 3.05) is 39.3 Å². The monoisotopic (exact) mass is 375 g/mol. The zero-order chi connectivity index (χ0) is 18.6. The third kappa shape index (κ3) is 4.28. The molecule has 1 aromatic heterocycles. The number of nitrogens with zero attached hydrogens (tertiary/aromatic N) is 7. The van der Waals surface area contributed by atoms with E-state index in [2.05, 4.69) is 25.2 Å². The van der Waals surface area contributed by atoms with Crippen molar-refractivity contribution < 1.29 is 9.59 Å². The van der Waals surface area contributed by atoms with E-state index in [1.54, 1.807) is 0 Å². The van der Waals surface area contributed by atoms with Crippen LogP contribution in [-0.2, 0) is 16.1 Å². The number of carbonyl (C=O) groups is 2. The third-order valence-corrected chi connectivity index (χ3v) is 6.22. The number of likely N-dealkylation sites (tertiary alicyclic amines) is 3. The summed E-state index contributed by atoms with van der Waals surface area (Å²) in [6.07, 6.45) is 7.71. The van der Waals surface area contributed by atoms with Gasteiger partial charge in [-0.2, -0.15) is 4.80 Å². The Hall–Kier alpha value is -2.03. The summed E-state index contributed by atoms with van der Waals surface area (Å²) in [6.45, 7) is 5.52. The highest BCUT2D eigenvalue weighted by Crippen LogP contribution is 2.26. The van der Waals surface area contributed by atoms with Crippen LogP contribution in [0.25, 0.3) is 0 Å². The van der Waals surface area contributed by atoms with Crippen LogP contribution in [0.15, 0.2) is 6.33 Å². The first-order chi connectivity index (χ1) is 13.2. The van der Waals surface area contributed by atoms with Gasteiger partial charge in [0.15, 0.2) is 6.33 Å². The van der Waals surface area contributed by atoms with E-state index >= 15 is 0 Å². The van der Waals surface area contributed by atoms with Crippen molar-refractivity contribution >= 4 is 11.8 Å². The van der Waals surface area contributed by atoms with Gasteiger partial charge in [0.05, 0.1) is 5.92 Å². The van der Waals surface area contributed by atoms with E-state index in [0.29, 0.717) is 11.9 Å². The molecule has 0 spiro atoms. The molecule has 27 heavy (non-hydrogen) atoms. The van der Waals surface area contributed by atoms with Gasteiger partial charge in [0.1, 0.15) is 6.54 Å². The van der Waals surface area contributed by atoms with E-state index < -0.39 is 0 Å². The van der Waals surface area contributed by atoms with Crippen molar-refractivity contribution in [3.63, 3.8) is 0 Å². The Morgan fingerprint density at radius 2 is 1.70 bits per heavy atom. The van der Waals surface area contributed by atoms with Crippen LogP contribution < -0.4 is 0 Å². The number of amides is 2. The van der Waals surface area contributed by atoms with Gasteiger partial charge in [-0.25, -0.2) is 0 Å². The van der Waals surface area contributed by atoms with Gasteiger partial charge in [-0.3, -0.25) is 14.5 Å². The number of tetrazole rings is 1. The first-order valence-corrected chi connectivity index (χ1v) is 10.2. The third-order valence-electron chi connectivity index (χ3n) is 6.22.